The predicted octanol–water partition coefficient (Wildman–Crippen LogP) is 2.24. The molecule has 0 bridgehead atoms. The van der Waals surface area contributed by atoms with Crippen molar-refractivity contribution < 1.29 is 9.59 Å². The monoisotopic (exact) mass is 426 g/mol. The van der Waals surface area contributed by atoms with Crippen molar-refractivity contribution in [1.29, 1.82) is 0 Å². The van der Waals surface area contributed by atoms with Crippen LogP contribution >= 0.6 is 11.3 Å². The fourth-order valence-corrected chi connectivity index (χ4v) is 4.97. The van der Waals surface area contributed by atoms with Gasteiger partial charge in [0.2, 0.25) is 5.91 Å². The molecule has 1 aromatic carbocycles. The minimum absolute atomic E-state index is 0.0836. The summed E-state index contributed by atoms with van der Waals surface area (Å²) in [6, 6.07) is 14.7. The first kappa shape index (κ1) is 21.0. The summed E-state index contributed by atoms with van der Waals surface area (Å²) in [5.41, 5.74) is 1.34. The highest BCUT2D eigenvalue weighted by molar-refractivity contribution is 7.12. The van der Waals surface area contributed by atoms with Crippen LogP contribution in [0.15, 0.2) is 47.8 Å². The van der Waals surface area contributed by atoms with Gasteiger partial charge in [0.1, 0.15) is 0 Å². The van der Waals surface area contributed by atoms with E-state index < -0.39 is 0 Å². The van der Waals surface area contributed by atoms with E-state index in [9.17, 15) is 9.59 Å². The molecule has 2 saturated heterocycles. The third kappa shape index (κ3) is 5.09. The quantitative estimate of drug-likeness (QED) is 0.736. The van der Waals surface area contributed by atoms with Gasteiger partial charge in [-0.3, -0.25) is 19.4 Å². The number of hydrogen-bond donors (Lipinski definition) is 0. The van der Waals surface area contributed by atoms with Crippen molar-refractivity contribution in [3.63, 3.8) is 0 Å². The second-order valence-corrected chi connectivity index (χ2v) is 9.14. The molecule has 7 heteroatoms. The second kappa shape index (κ2) is 9.73. The molecule has 0 radical (unpaired) electrons. The van der Waals surface area contributed by atoms with Crippen LogP contribution in [0, 0.1) is 0 Å². The molecule has 2 aromatic rings. The third-order valence-electron chi connectivity index (χ3n) is 6.09. The summed E-state index contributed by atoms with van der Waals surface area (Å²) in [4.78, 5) is 34.7. The zero-order valence-electron chi connectivity index (χ0n) is 17.6. The fraction of sp³-hybridized carbons (Fsp3) is 0.478. The Labute approximate surface area is 182 Å². The van der Waals surface area contributed by atoms with Crippen LogP contribution in [0.1, 0.15) is 22.2 Å². The van der Waals surface area contributed by atoms with Crippen LogP contribution in [0.2, 0.25) is 0 Å². The molecule has 1 atom stereocenters. The molecule has 160 valence electrons. The summed E-state index contributed by atoms with van der Waals surface area (Å²) in [5, 5.41) is 1.92. The van der Waals surface area contributed by atoms with Crippen molar-refractivity contribution >= 4 is 23.2 Å². The molecule has 1 aromatic heterocycles. The van der Waals surface area contributed by atoms with E-state index in [1.54, 1.807) is 0 Å². The Morgan fingerprint density at radius 3 is 2.33 bits per heavy atom. The molecule has 0 spiro atoms. The lowest BCUT2D eigenvalue weighted by molar-refractivity contribution is -0.135. The van der Waals surface area contributed by atoms with Crippen molar-refractivity contribution in [2.24, 2.45) is 0 Å². The number of hydrogen-bond acceptors (Lipinski definition) is 5. The van der Waals surface area contributed by atoms with Crippen LogP contribution in [-0.4, -0.2) is 89.8 Å². The standard InChI is InChI=1S/C23H30N4O2S/c1-19-16-24(17-20-6-3-2-4-7-20)9-10-27(19)18-22(28)25-11-13-26(14-12-25)23(29)21-8-5-15-30-21/h2-8,15,19H,9-14,16-18H2,1H3/t19-/m1/s1. The van der Waals surface area contributed by atoms with E-state index in [-0.39, 0.29) is 11.8 Å². The Kier molecular flexibility index (Phi) is 6.82. The van der Waals surface area contributed by atoms with Gasteiger partial charge in [-0.25, -0.2) is 0 Å². The molecule has 0 unspecified atom stereocenters. The average molecular weight is 427 g/mol. The van der Waals surface area contributed by atoms with Crippen molar-refractivity contribution in [2.75, 3.05) is 52.4 Å². The largest absolute Gasteiger partial charge is 0.338 e. The van der Waals surface area contributed by atoms with Gasteiger partial charge >= 0.3 is 0 Å². The van der Waals surface area contributed by atoms with Gasteiger partial charge in [-0.2, -0.15) is 0 Å². The number of carbonyl (C=O) groups excluding carboxylic acids is 2. The van der Waals surface area contributed by atoms with Crippen LogP contribution in [0.4, 0.5) is 0 Å². The van der Waals surface area contributed by atoms with E-state index in [0.717, 1.165) is 31.1 Å². The van der Waals surface area contributed by atoms with E-state index in [0.29, 0.717) is 38.8 Å². The second-order valence-electron chi connectivity index (χ2n) is 8.19. The van der Waals surface area contributed by atoms with Gasteiger partial charge in [0, 0.05) is 58.4 Å². The number of amides is 2. The molecule has 2 aliphatic heterocycles. The molecule has 4 rings (SSSR count). The molecular formula is C23H30N4O2S. The zero-order chi connectivity index (χ0) is 20.9. The number of rotatable bonds is 5. The van der Waals surface area contributed by atoms with E-state index in [1.807, 2.05) is 33.4 Å². The summed E-state index contributed by atoms with van der Waals surface area (Å²) in [6.07, 6.45) is 0. The molecular weight excluding hydrogens is 396 g/mol. The van der Waals surface area contributed by atoms with Crippen molar-refractivity contribution in [1.82, 2.24) is 19.6 Å². The minimum atomic E-state index is 0.0836. The van der Waals surface area contributed by atoms with Crippen molar-refractivity contribution in [3.05, 3.63) is 58.3 Å². The molecule has 0 N–H and O–H groups in total. The van der Waals surface area contributed by atoms with Crippen molar-refractivity contribution in [3.8, 4) is 0 Å². The summed E-state index contributed by atoms with van der Waals surface area (Å²) < 4.78 is 0. The Morgan fingerprint density at radius 2 is 1.67 bits per heavy atom. The maximum Gasteiger partial charge on any atom is 0.264 e. The van der Waals surface area contributed by atoms with Crippen LogP contribution in [0.25, 0.3) is 0 Å². The summed E-state index contributed by atoms with van der Waals surface area (Å²) in [5.74, 6) is 0.266. The highest BCUT2D eigenvalue weighted by Crippen LogP contribution is 2.16. The Bertz CT molecular complexity index is 834. The lowest BCUT2D eigenvalue weighted by Gasteiger charge is -2.41. The molecule has 30 heavy (non-hydrogen) atoms. The highest BCUT2D eigenvalue weighted by Gasteiger charge is 2.29. The van der Waals surface area contributed by atoms with E-state index in [2.05, 4.69) is 41.0 Å². The first-order chi connectivity index (χ1) is 14.6. The SMILES string of the molecule is C[C@@H]1CN(Cc2ccccc2)CCN1CC(=O)N1CCN(C(=O)c2cccs2)CC1. The van der Waals surface area contributed by atoms with Crippen LogP contribution < -0.4 is 0 Å². The lowest BCUT2D eigenvalue weighted by atomic mass is 10.1. The van der Waals surface area contributed by atoms with Crippen LogP contribution in [0.3, 0.4) is 0 Å². The van der Waals surface area contributed by atoms with Crippen LogP contribution in [0.5, 0.6) is 0 Å². The molecule has 0 aliphatic carbocycles. The van der Waals surface area contributed by atoms with Gasteiger partial charge in [0.05, 0.1) is 11.4 Å². The summed E-state index contributed by atoms with van der Waals surface area (Å²) in [7, 11) is 0. The van der Waals surface area contributed by atoms with E-state index >= 15 is 0 Å². The Morgan fingerprint density at radius 1 is 0.933 bits per heavy atom. The smallest absolute Gasteiger partial charge is 0.264 e. The van der Waals surface area contributed by atoms with Gasteiger partial charge in [0.25, 0.3) is 5.91 Å². The fourth-order valence-electron chi connectivity index (χ4n) is 4.28. The van der Waals surface area contributed by atoms with Gasteiger partial charge in [-0.15, -0.1) is 11.3 Å². The average Bonchev–Trinajstić information content (AvgIpc) is 3.31. The topological polar surface area (TPSA) is 47.1 Å². The number of nitrogens with zero attached hydrogens (tertiary/aromatic N) is 4. The third-order valence-corrected chi connectivity index (χ3v) is 6.95. The summed E-state index contributed by atoms with van der Waals surface area (Å²) in [6.45, 7) is 8.99. The maximum absolute atomic E-state index is 12.9. The normalized spacial score (nSPS) is 21.0. The van der Waals surface area contributed by atoms with Crippen molar-refractivity contribution in [2.45, 2.75) is 19.5 Å². The maximum atomic E-state index is 12.9. The highest BCUT2D eigenvalue weighted by atomic mass is 32.1. The zero-order valence-corrected chi connectivity index (χ0v) is 18.4. The summed E-state index contributed by atoms with van der Waals surface area (Å²) >= 11 is 1.47. The van der Waals surface area contributed by atoms with Gasteiger partial charge in [-0.05, 0) is 23.9 Å². The van der Waals surface area contributed by atoms with Gasteiger partial charge in [-0.1, -0.05) is 36.4 Å². The number of thiophene rings is 1. The van der Waals surface area contributed by atoms with Gasteiger partial charge < -0.3 is 9.80 Å². The molecule has 3 heterocycles. The Hall–Kier alpha value is -2.22. The van der Waals surface area contributed by atoms with Crippen LogP contribution in [-0.2, 0) is 11.3 Å². The van der Waals surface area contributed by atoms with Gasteiger partial charge in [0.15, 0.2) is 0 Å². The lowest BCUT2D eigenvalue weighted by Crippen LogP contribution is -2.56. The molecule has 2 fully saturated rings. The molecule has 2 aliphatic rings. The van der Waals surface area contributed by atoms with E-state index in [1.165, 1.54) is 16.9 Å². The Balaban J connectivity index is 1.22. The number of benzene rings is 1. The van der Waals surface area contributed by atoms with E-state index in [4.69, 9.17) is 0 Å². The molecule has 2 amide bonds. The molecule has 0 saturated carbocycles. The molecule has 6 nitrogen and oxygen atoms in total. The number of piperazine rings is 2. The minimum Gasteiger partial charge on any atom is -0.338 e. The first-order valence-corrected chi connectivity index (χ1v) is 11.6. The predicted molar refractivity (Wildman–Crippen MR) is 120 cm³/mol. The number of carbonyl (C=O) groups is 2. The first-order valence-electron chi connectivity index (χ1n) is 10.7.